The summed E-state index contributed by atoms with van der Waals surface area (Å²) in [5, 5.41) is 126. The molecule has 1 amide bonds. The number of carbonyl (C=O) groups is 1. The highest BCUT2D eigenvalue weighted by molar-refractivity contribution is 5.73. The zero-order chi connectivity index (χ0) is 34.9. The number of amides is 1. The van der Waals surface area contributed by atoms with Crippen LogP contribution < -0.4 is 5.32 Å². The van der Waals surface area contributed by atoms with E-state index in [1.807, 2.05) is 0 Å². The van der Waals surface area contributed by atoms with Crippen LogP contribution >= 0.6 is 0 Å². The van der Waals surface area contributed by atoms with E-state index in [1.54, 1.807) is 0 Å². The smallest absolute Gasteiger partial charge is 0.217 e. The van der Waals surface area contributed by atoms with Crippen molar-refractivity contribution in [3.8, 4) is 0 Å². The van der Waals surface area contributed by atoms with Crippen LogP contribution in [0.4, 0.5) is 0 Å². The Morgan fingerprint density at radius 2 is 1.02 bits per heavy atom. The number of ether oxygens (including phenoxy) is 7. The molecule has 47 heavy (non-hydrogen) atoms. The topological polar surface area (TPSA) is 336 Å². The zero-order valence-corrected chi connectivity index (χ0v) is 25.3. The van der Waals surface area contributed by atoms with Gasteiger partial charge in [0.25, 0.3) is 0 Å². The highest BCUT2D eigenvalue weighted by Crippen LogP contribution is 2.34. The lowest BCUT2D eigenvalue weighted by molar-refractivity contribution is -0.385. The Morgan fingerprint density at radius 3 is 1.57 bits per heavy atom. The van der Waals surface area contributed by atoms with E-state index in [-0.39, 0.29) is 0 Å². The lowest BCUT2D eigenvalue weighted by Gasteiger charge is -2.50. The third-order valence-electron chi connectivity index (χ3n) is 8.57. The zero-order valence-electron chi connectivity index (χ0n) is 25.3. The molecule has 21 heteroatoms. The Balaban J connectivity index is 1.63. The summed E-state index contributed by atoms with van der Waals surface area (Å²) in [5.74, 6) is -0.702. The molecule has 0 spiro atoms. The van der Waals surface area contributed by atoms with Crippen LogP contribution in [0.3, 0.4) is 0 Å². The van der Waals surface area contributed by atoms with Gasteiger partial charge in [-0.2, -0.15) is 0 Å². The van der Waals surface area contributed by atoms with Crippen LogP contribution in [0.15, 0.2) is 0 Å². The van der Waals surface area contributed by atoms with Crippen LogP contribution in [-0.4, -0.2) is 210 Å². The van der Waals surface area contributed by atoms with E-state index in [2.05, 4.69) is 5.32 Å². The summed E-state index contributed by atoms with van der Waals surface area (Å²) in [5.41, 5.74) is 0. The van der Waals surface area contributed by atoms with Crippen LogP contribution in [0.1, 0.15) is 13.8 Å². The quantitative estimate of drug-likeness (QED) is 0.101. The number of hydrogen-bond acceptors (Lipinski definition) is 20. The van der Waals surface area contributed by atoms with E-state index in [0.717, 1.165) is 6.92 Å². The average molecular weight is 692 g/mol. The molecule has 0 aromatic heterocycles. The standard InChI is InChI=1S/C26H45NO20/c1-6-12(32)15(35)17(37)24(41-6)46-21-11(27-7(2)31)23(40)42-10(5-30)20(21)45-26-19(39)22(14(34)9(4-29)44-26)47-25-18(38)16(36)13(33)8(3-28)43-25/h6,8-26,28-30,32-40H,3-5H2,1-2H3,(H,27,31)/t6-,8+,9+,10+,11+,12+,13-,14-,15+,16-,17-,18+,19+,20+,21+,22-,23+,24+,25+,26-/m0/s1. The van der Waals surface area contributed by atoms with Gasteiger partial charge in [-0.1, -0.05) is 0 Å². The van der Waals surface area contributed by atoms with Gasteiger partial charge in [0, 0.05) is 6.92 Å². The fraction of sp³-hybridized carbons (Fsp3) is 0.962. The molecule has 4 saturated heterocycles. The van der Waals surface area contributed by atoms with Crippen molar-refractivity contribution in [2.24, 2.45) is 0 Å². The number of aliphatic hydroxyl groups is 12. The van der Waals surface area contributed by atoms with Gasteiger partial charge in [0.15, 0.2) is 25.2 Å². The lowest BCUT2D eigenvalue weighted by atomic mass is 9.94. The van der Waals surface area contributed by atoms with Gasteiger partial charge in [-0.25, -0.2) is 0 Å². The normalized spacial score (nSPS) is 51.0. The molecule has 0 saturated carbocycles. The Bertz CT molecular complexity index is 1010. The molecule has 21 nitrogen and oxygen atoms in total. The molecule has 0 aliphatic carbocycles. The summed E-state index contributed by atoms with van der Waals surface area (Å²) in [7, 11) is 0. The van der Waals surface area contributed by atoms with Crippen LogP contribution in [0.2, 0.25) is 0 Å². The van der Waals surface area contributed by atoms with Gasteiger partial charge in [-0.05, 0) is 6.92 Å². The third kappa shape index (κ3) is 8.04. The summed E-state index contributed by atoms with van der Waals surface area (Å²) in [6.45, 7) is -0.114. The molecule has 274 valence electrons. The van der Waals surface area contributed by atoms with Crippen molar-refractivity contribution in [1.82, 2.24) is 5.32 Å². The molecular weight excluding hydrogens is 646 g/mol. The van der Waals surface area contributed by atoms with Crippen molar-refractivity contribution in [2.45, 2.75) is 137 Å². The first-order valence-corrected chi connectivity index (χ1v) is 15.0. The lowest BCUT2D eigenvalue weighted by Crippen LogP contribution is -2.70. The van der Waals surface area contributed by atoms with E-state index >= 15 is 0 Å². The van der Waals surface area contributed by atoms with Gasteiger partial charge in [0.2, 0.25) is 5.91 Å². The Hall–Kier alpha value is -1.29. The van der Waals surface area contributed by atoms with Crippen molar-refractivity contribution in [1.29, 1.82) is 0 Å². The molecule has 4 heterocycles. The molecule has 4 rings (SSSR count). The van der Waals surface area contributed by atoms with E-state index in [9.17, 15) is 66.1 Å². The van der Waals surface area contributed by atoms with E-state index < -0.39 is 148 Å². The van der Waals surface area contributed by atoms with Crippen LogP contribution in [0.25, 0.3) is 0 Å². The molecule has 4 fully saturated rings. The second-order valence-electron chi connectivity index (χ2n) is 11.9. The first-order valence-electron chi connectivity index (χ1n) is 15.0. The van der Waals surface area contributed by atoms with E-state index in [0.29, 0.717) is 0 Å². The SMILES string of the molecule is CC(=O)N[C@@H]1[C@@H](O[C@H]2O[C@@H](C)[C@@H](O)[C@@H](O)[C@@H]2O)[C@H](O[C@@H]2O[C@H](CO)[C@H](O)[C@H](O[C@H]3O[C@H](CO)[C@H](O)[C@H](O)[C@H]3O)[C@H]2O)[C@@H](CO)O[C@H]1O. The molecule has 0 radical (unpaired) electrons. The predicted octanol–water partition coefficient (Wildman–Crippen LogP) is -8.58. The fourth-order valence-corrected chi connectivity index (χ4v) is 5.88. The molecule has 4 aliphatic heterocycles. The number of nitrogens with one attached hydrogen (secondary N) is 1. The maximum Gasteiger partial charge on any atom is 0.217 e. The van der Waals surface area contributed by atoms with Crippen molar-refractivity contribution in [3.63, 3.8) is 0 Å². The molecule has 13 N–H and O–H groups in total. The number of rotatable bonds is 10. The van der Waals surface area contributed by atoms with Crippen LogP contribution in [0.5, 0.6) is 0 Å². The van der Waals surface area contributed by atoms with E-state index in [1.165, 1.54) is 6.92 Å². The highest BCUT2D eigenvalue weighted by atomic mass is 16.8. The minimum absolute atomic E-state index is 0.702. The minimum atomic E-state index is -2.03. The number of carbonyl (C=O) groups excluding carboxylic acids is 1. The summed E-state index contributed by atoms with van der Waals surface area (Å²) in [4.78, 5) is 12.1. The first kappa shape index (κ1) is 38.5. The molecule has 4 aliphatic rings. The average Bonchev–Trinajstić information content (AvgIpc) is 3.04. The summed E-state index contributed by atoms with van der Waals surface area (Å²) in [6, 6.07) is -1.52. The second kappa shape index (κ2) is 16.2. The molecular formula is C26H45NO20. The molecule has 20 atom stereocenters. The fourth-order valence-electron chi connectivity index (χ4n) is 5.88. The maximum absolute atomic E-state index is 12.1. The summed E-state index contributed by atoms with van der Waals surface area (Å²) < 4.78 is 39.2. The molecule has 0 aromatic carbocycles. The van der Waals surface area contributed by atoms with Gasteiger partial charge in [-0.15, -0.1) is 0 Å². The largest absolute Gasteiger partial charge is 0.394 e. The van der Waals surface area contributed by atoms with Gasteiger partial charge < -0.3 is 99.8 Å². The van der Waals surface area contributed by atoms with Crippen molar-refractivity contribution < 1.29 is 99.2 Å². The van der Waals surface area contributed by atoms with Crippen molar-refractivity contribution in [3.05, 3.63) is 0 Å². The third-order valence-corrected chi connectivity index (χ3v) is 8.57. The number of aliphatic hydroxyl groups excluding tert-OH is 12. The molecule has 0 bridgehead atoms. The Labute approximate surface area is 267 Å². The summed E-state index contributed by atoms with van der Waals surface area (Å²) >= 11 is 0. The van der Waals surface area contributed by atoms with Gasteiger partial charge >= 0.3 is 0 Å². The van der Waals surface area contributed by atoms with Crippen LogP contribution in [-0.2, 0) is 38.0 Å². The van der Waals surface area contributed by atoms with E-state index in [4.69, 9.17) is 33.2 Å². The highest BCUT2D eigenvalue weighted by Gasteiger charge is 2.55. The predicted molar refractivity (Wildman–Crippen MR) is 144 cm³/mol. The van der Waals surface area contributed by atoms with Gasteiger partial charge in [0.1, 0.15) is 91.5 Å². The van der Waals surface area contributed by atoms with Crippen molar-refractivity contribution >= 4 is 5.91 Å². The van der Waals surface area contributed by atoms with Crippen LogP contribution in [0, 0.1) is 0 Å². The van der Waals surface area contributed by atoms with Crippen molar-refractivity contribution in [2.75, 3.05) is 19.8 Å². The molecule has 0 unspecified atom stereocenters. The van der Waals surface area contributed by atoms with Gasteiger partial charge in [0.05, 0.1) is 25.9 Å². The Morgan fingerprint density at radius 1 is 0.553 bits per heavy atom. The first-order chi connectivity index (χ1) is 22.1. The van der Waals surface area contributed by atoms with Gasteiger partial charge in [-0.3, -0.25) is 4.79 Å². The Kier molecular flexibility index (Phi) is 13.2. The second-order valence-corrected chi connectivity index (χ2v) is 11.9. The molecule has 0 aromatic rings. The number of hydrogen-bond donors (Lipinski definition) is 13. The monoisotopic (exact) mass is 691 g/mol. The minimum Gasteiger partial charge on any atom is -0.394 e. The maximum atomic E-state index is 12.1. The summed E-state index contributed by atoms with van der Waals surface area (Å²) in [6.07, 6.45) is -32.5.